The number of anilines is 4. The van der Waals surface area contributed by atoms with E-state index in [2.05, 4.69) is 51.9 Å². The normalized spacial score (nSPS) is 13.2. The zero-order chi connectivity index (χ0) is 21.1. The van der Waals surface area contributed by atoms with Crippen molar-refractivity contribution in [2.45, 2.75) is 43.9 Å². The van der Waals surface area contributed by atoms with Crippen LogP contribution in [0.5, 0.6) is 5.75 Å². The molecule has 0 fully saturated rings. The van der Waals surface area contributed by atoms with Crippen LogP contribution in [0.4, 0.5) is 23.1 Å². The van der Waals surface area contributed by atoms with E-state index >= 15 is 0 Å². The molecule has 1 aromatic heterocycles. The van der Waals surface area contributed by atoms with E-state index < -0.39 is 0 Å². The van der Waals surface area contributed by atoms with E-state index in [1.807, 2.05) is 43.0 Å². The second kappa shape index (κ2) is 8.93. The molecule has 6 nitrogen and oxygen atoms in total. The van der Waals surface area contributed by atoms with Crippen LogP contribution in [-0.4, -0.2) is 26.9 Å². The smallest absolute Gasteiger partial charge is 0.229 e. The number of nitrogens with zero attached hydrogens (tertiary/aromatic N) is 2. The molecule has 2 heterocycles. The van der Waals surface area contributed by atoms with Crippen molar-refractivity contribution in [3.63, 3.8) is 0 Å². The molecular formula is C23H27N5OS. The van der Waals surface area contributed by atoms with E-state index in [1.165, 1.54) is 10.5 Å². The number of rotatable bonds is 6. The molecule has 0 saturated carbocycles. The minimum Gasteiger partial charge on any atom is -0.506 e. The quantitative estimate of drug-likeness (QED) is 0.325. The van der Waals surface area contributed by atoms with Crippen molar-refractivity contribution in [2.24, 2.45) is 0 Å². The first kappa shape index (κ1) is 20.5. The fraction of sp³-hybridized carbons (Fsp3) is 0.304. The molecule has 0 saturated heterocycles. The Hall–Kier alpha value is -2.77. The zero-order valence-corrected chi connectivity index (χ0v) is 18.3. The Labute approximate surface area is 181 Å². The number of benzene rings is 2. The maximum atomic E-state index is 10.4. The van der Waals surface area contributed by atoms with Crippen LogP contribution >= 0.6 is 11.8 Å². The Morgan fingerprint density at radius 1 is 1.10 bits per heavy atom. The highest BCUT2D eigenvalue weighted by molar-refractivity contribution is 8.00. The largest absolute Gasteiger partial charge is 0.506 e. The summed E-state index contributed by atoms with van der Waals surface area (Å²) in [4.78, 5) is 10.3. The Kier molecular flexibility index (Phi) is 6.11. The Balaban J connectivity index is 1.59. The number of fused-ring (bicyclic) bond motifs is 1. The van der Waals surface area contributed by atoms with Crippen LogP contribution < -0.4 is 16.0 Å². The molecule has 4 rings (SSSR count). The standard InChI is InChI=1S/C23H27N5OS/c1-14(2)30-21-7-5-4-6-18(21)26-22-15(3)12-25-23(28-22)27-19-10-16-8-9-24-13-17(16)11-20(19)29/h4-7,10-12,14,24,29H,8-9,13H2,1-3H3,(H2,25,26,27,28). The Morgan fingerprint density at radius 2 is 1.93 bits per heavy atom. The third-order valence-electron chi connectivity index (χ3n) is 4.93. The number of phenolic OH excluding ortho intramolecular Hbond substituents is 1. The molecule has 3 aromatic rings. The van der Waals surface area contributed by atoms with Crippen molar-refractivity contribution in [3.8, 4) is 5.75 Å². The molecule has 2 aromatic carbocycles. The second-order valence-corrected chi connectivity index (χ2v) is 9.32. The second-order valence-electron chi connectivity index (χ2n) is 7.70. The number of hydrogen-bond acceptors (Lipinski definition) is 7. The van der Waals surface area contributed by atoms with Gasteiger partial charge >= 0.3 is 0 Å². The van der Waals surface area contributed by atoms with E-state index in [4.69, 9.17) is 0 Å². The predicted octanol–water partition coefficient (Wildman–Crippen LogP) is 5.12. The lowest BCUT2D eigenvalue weighted by atomic mass is 10.00. The number of aryl methyl sites for hydroxylation is 1. The molecule has 0 aliphatic carbocycles. The average molecular weight is 422 g/mol. The molecule has 0 spiro atoms. The maximum absolute atomic E-state index is 10.4. The van der Waals surface area contributed by atoms with Crippen LogP contribution in [0.25, 0.3) is 0 Å². The summed E-state index contributed by atoms with van der Waals surface area (Å²) in [6.07, 6.45) is 2.73. The van der Waals surface area contributed by atoms with Gasteiger partial charge in [-0.05, 0) is 55.3 Å². The van der Waals surface area contributed by atoms with Gasteiger partial charge in [-0.1, -0.05) is 26.0 Å². The molecule has 1 aliphatic heterocycles. The molecule has 0 unspecified atom stereocenters. The maximum Gasteiger partial charge on any atom is 0.229 e. The third-order valence-corrected chi connectivity index (χ3v) is 6.01. The molecule has 0 radical (unpaired) electrons. The fourth-order valence-corrected chi connectivity index (χ4v) is 4.33. The predicted molar refractivity (Wildman–Crippen MR) is 124 cm³/mol. The van der Waals surface area contributed by atoms with Gasteiger partial charge in [-0.15, -0.1) is 11.8 Å². The lowest BCUT2D eigenvalue weighted by Gasteiger charge is -2.19. The van der Waals surface area contributed by atoms with Crippen LogP contribution in [-0.2, 0) is 13.0 Å². The molecule has 1 aliphatic rings. The van der Waals surface area contributed by atoms with Crippen LogP contribution in [0.15, 0.2) is 47.5 Å². The highest BCUT2D eigenvalue weighted by Gasteiger charge is 2.14. The Bertz CT molecular complexity index is 1050. The van der Waals surface area contributed by atoms with Gasteiger partial charge in [0.2, 0.25) is 5.95 Å². The van der Waals surface area contributed by atoms with Gasteiger partial charge in [-0.2, -0.15) is 4.98 Å². The molecular weight excluding hydrogens is 394 g/mol. The lowest BCUT2D eigenvalue weighted by Crippen LogP contribution is -2.23. The van der Waals surface area contributed by atoms with Crippen molar-refractivity contribution in [3.05, 3.63) is 59.3 Å². The van der Waals surface area contributed by atoms with Crippen molar-refractivity contribution in [2.75, 3.05) is 17.2 Å². The zero-order valence-electron chi connectivity index (χ0n) is 17.5. The van der Waals surface area contributed by atoms with Crippen molar-refractivity contribution in [1.82, 2.24) is 15.3 Å². The van der Waals surface area contributed by atoms with Crippen LogP contribution in [0.3, 0.4) is 0 Å². The average Bonchev–Trinajstić information content (AvgIpc) is 2.72. The van der Waals surface area contributed by atoms with Crippen LogP contribution in [0.2, 0.25) is 0 Å². The third kappa shape index (κ3) is 4.68. The van der Waals surface area contributed by atoms with Crippen molar-refractivity contribution >= 4 is 34.9 Å². The van der Waals surface area contributed by atoms with Gasteiger partial charge in [0.15, 0.2) is 0 Å². The molecule has 156 valence electrons. The van der Waals surface area contributed by atoms with E-state index in [-0.39, 0.29) is 5.75 Å². The van der Waals surface area contributed by atoms with Gasteiger partial charge < -0.3 is 21.1 Å². The summed E-state index contributed by atoms with van der Waals surface area (Å²) in [6.45, 7) is 8.07. The number of nitrogens with one attached hydrogen (secondary N) is 3. The number of aromatic nitrogens is 2. The summed E-state index contributed by atoms with van der Waals surface area (Å²) in [5.74, 6) is 1.39. The van der Waals surface area contributed by atoms with Crippen LogP contribution in [0, 0.1) is 6.92 Å². The van der Waals surface area contributed by atoms with Gasteiger partial charge in [0.1, 0.15) is 11.6 Å². The molecule has 4 N–H and O–H groups in total. The van der Waals surface area contributed by atoms with E-state index in [0.717, 1.165) is 42.1 Å². The molecule has 0 amide bonds. The number of phenols is 1. The highest BCUT2D eigenvalue weighted by atomic mass is 32.2. The van der Waals surface area contributed by atoms with Gasteiger partial charge in [-0.3, -0.25) is 0 Å². The summed E-state index contributed by atoms with van der Waals surface area (Å²) in [7, 11) is 0. The topological polar surface area (TPSA) is 82.1 Å². The number of hydrogen-bond donors (Lipinski definition) is 4. The molecule has 30 heavy (non-hydrogen) atoms. The van der Waals surface area contributed by atoms with Gasteiger partial charge in [-0.25, -0.2) is 4.98 Å². The van der Waals surface area contributed by atoms with E-state index in [9.17, 15) is 5.11 Å². The van der Waals surface area contributed by atoms with Crippen LogP contribution in [0.1, 0.15) is 30.5 Å². The first-order chi connectivity index (χ1) is 14.5. The monoisotopic (exact) mass is 421 g/mol. The summed E-state index contributed by atoms with van der Waals surface area (Å²) in [6, 6.07) is 12.0. The molecule has 0 atom stereocenters. The summed E-state index contributed by atoms with van der Waals surface area (Å²) in [5.41, 5.74) is 4.97. The van der Waals surface area contributed by atoms with Crippen molar-refractivity contribution in [1.29, 1.82) is 0 Å². The molecule has 7 heteroatoms. The van der Waals surface area contributed by atoms with Gasteiger partial charge in [0.25, 0.3) is 0 Å². The van der Waals surface area contributed by atoms with Gasteiger partial charge in [0.05, 0.1) is 11.4 Å². The van der Waals surface area contributed by atoms with Gasteiger partial charge in [0, 0.05) is 28.5 Å². The number of para-hydroxylation sites is 1. The first-order valence-electron chi connectivity index (χ1n) is 10.2. The SMILES string of the molecule is Cc1cnc(Nc2cc3c(cc2O)CNCC3)nc1Nc1ccccc1SC(C)C. The summed E-state index contributed by atoms with van der Waals surface area (Å²) >= 11 is 1.81. The van der Waals surface area contributed by atoms with Crippen molar-refractivity contribution < 1.29 is 5.11 Å². The number of aromatic hydroxyl groups is 1. The fourth-order valence-electron chi connectivity index (χ4n) is 3.42. The molecule has 0 bridgehead atoms. The minimum atomic E-state index is 0.204. The summed E-state index contributed by atoms with van der Waals surface area (Å²) < 4.78 is 0. The summed E-state index contributed by atoms with van der Waals surface area (Å²) in [5, 5.41) is 20.9. The Morgan fingerprint density at radius 3 is 2.77 bits per heavy atom. The number of thioether (sulfide) groups is 1. The first-order valence-corrected chi connectivity index (χ1v) is 11.1. The lowest BCUT2D eigenvalue weighted by molar-refractivity contribution is 0.475. The highest BCUT2D eigenvalue weighted by Crippen LogP contribution is 2.34. The minimum absolute atomic E-state index is 0.204. The van der Waals surface area contributed by atoms with E-state index in [1.54, 1.807) is 6.20 Å². The van der Waals surface area contributed by atoms with E-state index in [0.29, 0.717) is 16.9 Å².